The van der Waals surface area contributed by atoms with Gasteiger partial charge in [0.2, 0.25) is 0 Å². The summed E-state index contributed by atoms with van der Waals surface area (Å²) in [5.41, 5.74) is 2.76. The van der Waals surface area contributed by atoms with Crippen molar-refractivity contribution in [2.45, 2.75) is 6.92 Å². The molecule has 2 aromatic heterocycles. The van der Waals surface area contributed by atoms with Crippen molar-refractivity contribution >= 4 is 5.91 Å². The number of hydrogen-bond acceptors (Lipinski definition) is 5. The molecule has 0 atom stereocenters. The fraction of sp³-hybridized carbons (Fsp3) is 0.200. The Morgan fingerprint density at radius 3 is 2.68 bits per heavy atom. The Labute approximate surface area is 162 Å². The number of aromatic nitrogens is 3. The molecule has 2 heterocycles. The minimum absolute atomic E-state index is 0.236. The van der Waals surface area contributed by atoms with Crippen molar-refractivity contribution in [1.29, 1.82) is 5.26 Å². The van der Waals surface area contributed by atoms with Crippen LogP contribution in [0.4, 0.5) is 0 Å². The Bertz CT molecular complexity index is 1100. The van der Waals surface area contributed by atoms with Gasteiger partial charge in [-0.2, -0.15) is 5.26 Å². The molecule has 142 valence electrons. The monoisotopic (exact) mass is 376 g/mol. The van der Waals surface area contributed by atoms with Crippen LogP contribution in [0.25, 0.3) is 16.9 Å². The van der Waals surface area contributed by atoms with Crippen molar-refractivity contribution in [2.24, 2.45) is 0 Å². The largest absolute Gasteiger partial charge is 0.339 e. The minimum atomic E-state index is -0.259. The smallest absolute Gasteiger partial charge is 0.280 e. The third-order valence-electron chi connectivity index (χ3n) is 4.21. The predicted octanol–water partition coefficient (Wildman–Crippen LogP) is 1.66. The number of carbonyl (C=O) groups is 1. The molecule has 1 aromatic carbocycles. The molecule has 0 spiro atoms. The van der Waals surface area contributed by atoms with E-state index in [0.29, 0.717) is 29.2 Å². The van der Waals surface area contributed by atoms with Crippen LogP contribution in [0.2, 0.25) is 0 Å². The van der Waals surface area contributed by atoms with Crippen LogP contribution in [0.1, 0.15) is 21.5 Å². The number of rotatable bonds is 5. The van der Waals surface area contributed by atoms with Crippen LogP contribution in [0, 0.1) is 18.3 Å². The second-order valence-electron chi connectivity index (χ2n) is 6.62. The molecule has 8 nitrogen and oxygen atoms in total. The van der Waals surface area contributed by atoms with Gasteiger partial charge in [-0.1, -0.05) is 6.07 Å². The van der Waals surface area contributed by atoms with Crippen LogP contribution in [-0.4, -0.2) is 46.3 Å². The molecule has 0 saturated carbocycles. The highest BCUT2D eigenvalue weighted by Crippen LogP contribution is 2.21. The van der Waals surface area contributed by atoms with Crippen LogP contribution < -0.4 is 10.9 Å². The van der Waals surface area contributed by atoms with Gasteiger partial charge in [0.05, 0.1) is 29.4 Å². The zero-order chi connectivity index (χ0) is 20.3. The second-order valence-corrected chi connectivity index (χ2v) is 6.62. The molecular weight excluding hydrogens is 356 g/mol. The fourth-order valence-corrected chi connectivity index (χ4v) is 2.75. The zero-order valence-electron chi connectivity index (χ0n) is 15.9. The summed E-state index contributed by atoms with van der Waals surface area (Å²) in [6.45, 7) is 2.27. The van der Waals surface area contributed by atoms with Gasteiger partial charge in [-0.25, -0.2) is 9.67 Å². The highest BCUT2D eigenvalue weighted by atomic mass is 16.2. The maximum atomic E-state index is 12.8. The Morgan fingerprint density at radius 2 is 2.07 bits per heavy atom. The van der Waals surface area contributed by atoms with Crippen molar-refractivity contribution in [2.75, 3.05) is 20.8 Å². The van der Waals surface area contributed by atoms with Gasteiger partial charge in [0, 0.05) is 12.4 Å². The quantitative estimate of drug-likeness (QED) is 0.659. The topological polar surface area (TPSA) is 107 Å². The Hall–Kier alpha value is -3.70. The Morgan fingerprint density at radius 1 is 1.29 bits per heavy atom. The van der Waals surface area contributed by atoms with Crippen LogP contribution in [-0.2, 0) is 0 Å². The maximum absolute atomic E-state index is 12.8. The molecule has 3 aromatic rings. The Balaban J connectivity index is 1.87. The van der Waals surface area contributed by atoms with E-state index >= 15 is 0 Å². The number of benzene rings is 1. The fourth-order valence-electron chi connectivity index (χ4n) is 2.75. The standard InChI is InChI=1S/C20H20N6O2/c1-13-8-14(9-21)4-6-16(13)17-11-24-26(20(17)28)18-7-5-15(10-22-18)19(27)23-12-25(2)3/h4-8,10-11,24H,12H2,1-3H3,(H,23,27). The van der Waals surface area contributed by atoms with Crippen LogP contribution in [0.5, 0.6) is 0 Å². The molecule has 0 bridgehead atoms. The number of hydrogen-bond donors (Lipinski definition) is 2. The SMILES string of the molecule is Cc1cc(C#N)ccc1-c1c[nH]n(-c2ccc(C(=O)NCN(C)C)cn2)c1=O. The van der Waals surface area contributed by atoms with Crippen molar-refractivity contribution in [3.63, 3.8) is 0 Å². The maximum Gasteiger partial charge on any atom is 0.280 e. The van der Waals surface area contributed by atoms with Gasteiger partial charge in [0.25, 0.3) is 11.5 Å². The van der Waals surface area contributed by atoms with Crippen molar-refractivity contribution in [3.8, 4) is 23.0 Å². The molecular formula is C20H20N6O2. The average Bonchev–Trinajstić information content (AvgIpc) is 3.07. The first-order valence-corrected chi connectivity index (χ1v) is 8.61. The zero-order valence-corrected chi connectivity index (χ0v) is 15.9. The number of aromatic amines is 1. The molecule has 0 aliphatic carbocycles. The number of pyridine rings is 1. The molecule has 0 radical (unpaired) electrons. The van der Waals surface area contributed by atoms with Gasteiger partial charge >= 0.3 is 0 Å². The Kier molecular flexibility index (Phi) is 5.38. The van der Waals surface area contributed by atoms with Gasteiger partial charge < -0.3 is 5.32 Å². The normalized spacial score (nSPS) is 10.7. The van der Waals surface area contributed by atoms with Gasteiger partial charge in [0.15, 0.2) is 5.82 Å². The van der Waals surface area contributed by atoms with E-state index in [1.807, 2.05) is 25.9 Å². The summed E-state index contributed by atoms with van der Waals surface area (Å²) in [5, 5.41) is 14.7. The molecule has 28 heavy (non-hydrogen) atoms. The number of nitriles is 1. The molecule has 8 heteroatoms. The van der Waals surface area contributed by atoms with E-state index < -0.39 is 0 Å². The van der Waals surface area contributed by atoms with E-state index in [0.717, 1.165) is 11.1 Å². The van der Waals surface area contributed by atoms with Crippen molar-refractivity contribution < 1.29 is 4.79 Å². The minimum Gasteiger partial charge on any atom is -0.339 e. The summed E-state index contributed by atoms with van der Waals surface area (Å²) >= 11 is 0. The summed E-state index contributed by atoms with van der Waals surface area (Å²) in [4.78, 5) is 30.9. The number of aryl methyl sites for hydroxylation is 1. The van der Waals surface area contributed by atoms with E-state index in [9.17, 15) is 9.59 Å². The molecule has 0 unspecified atom stereocenters. The first-order chi connectivity index (χ1) is 13.4. The number of nitrogens with zero attached hydrogens (tertiary/aromatic N) is 4. The van der Waals surface area contributed by atoms with Crippen LogP contribution in [0.15, 0.2) is 47.5 Å². The van der Waals surface area contributed by atoms with Gasteiger partial charge in [0.1, 0.15) is 0 Å². The lowest BCUT2D eigenvalue weighted by Gasteiger charge is -2.11. The molecule has 2 N–H and O–H groups in total. The lowest BCUT2D eigenvalue weighted by Crippen LogP contribution is -2.33. The number of carbonyl (C=O) groups excluding carboxylic acids is 1. The summed E-state index contributed by atoms with van der Waals surface area (Å²) < 4.78 is 1.31. The van der Waals surface area contributed by atoms with Gasteiger partial charge in [-0.3, -0.25) is 19.6 Å². The van der Waals surface area contributed by atoms with Crippen LogP contribution >= 0.6 is 0 Å². The lowest BCUT2D eigenvalue weighted by molar-refractivity contribution is 0.0935. The van der Waals surface area contributed by atoms with Gasteiger partial charge in [-0.05, 0) is 56.4 Å². The number of amides is 1. The van der Waals surface area contributed by atoms with Crippen LogP contribution in [0.3, 0.4) is 0 Å². The predicted molar refractivity (Wildman–Crippen MR) is 105 cm³/mol. The lowest BCUT2D eigenvalue weighted by atomic mass is 10.0. The van der Waals surface area contributed by atoms with Crippen molar-refractivity contribution in [1.82, 2.24) is 25.0 Å². The van der Waals surface area contributed by atoms with Gasteiger partial charge in [-0.15, -0.1) is 0 Å². The van der Waals surface area contributed by atoms with E-state index in [1.54, 1.807) is 36.5 Å². The first kappa shape index (κ1) is 19.1. The summed E-state index contributed by atoms with van der Waals surface area (Å²) in [5.74, 6) is 0.146. The van der Waals surface area contributed by atoms with E-state index in [2.05, 4.69) is 21.5 Å². The molecule has 3 rings (SSSR count). The first-order valence-electron chi connectivity index (χ1n) is 8.61. The summed E-state index contributed by atoms with van der Waals surface area (Å²) in [6, 6.07) is 10.5. The number of H-pyrrole nitrogens is 1. The van der Waals surface area contributed by atoms with E-state index in [4.69, 9.17) is 5.26 Å². The molecule has 0 fully saturated rings. The molecule has 0 saturated heterocycles. The van der Waals surface area contributed by atoms with Crippen molar-refractivity contribution in [3.05, 3.63) is 69.8 Å². The highest BCUT2D eigenvalue weighted by molar-refractivity contribution is 5.93. The molecule has 0 aliphatic rings. The summed E-state index contributed by atoms with van der Waals surface area (Å²) in [7, 11) is 3.71. The molecule has 0 aliphatic heterocycles. The highest BCUT2D eigenvalue weighted by Gasteiger charge is 2.14. The number of nitrogens with one attached hydrogen (secondary N) is 2. The third-order valence-corrected chi connectivity index (χ3v) is 4.21. The third kappa shape index (κ3) is 3.84. The van der Waals surface area contributed by atoms with E-state index in [-0.39, 0.29) is 11.5 Å². The average molecular weight is 376 g/mol. The second kappa shape index (κ2) is 7.90. The van der Waals surface area contributed by atoms with E-state index in [1.165, 1.54) is 10.9 Å². The molecule has 1 amide bonds. The summed E-state index contributed by atoms with van der Waals surface area (Å²) in [6.07, 6.45) is 3.04.